The Hall–Kier alpha value is -1.61. The van der Waals surface area contributed by atoms with Gasteiger partial charge in [0.25, 0.3) is 0 Å². The summed E-state index contributed by atoms with van der Waals surface area (Å²) in [6.45, 7) is 3.00. The molecule has 100 valence electrons. The molecule has 3 heteroatoms. The molecule has 0 radical (unpaired) electrons. The van der Waals surface area contributed by atoms with E-state index in [0.717, 1.165) is 12.2 Å². The Bertz CT molecular complexity index is 571. The molecule has 1 atom stereocenters. The second kappa shape index (κ2) is 5.17. The first-order chi connectivity index (χ1) is 9.28. The molecule has 3 rings (SSSR count). The van der Waals surface area contributed by atoms with Crippen LogP contribution in [0.1, 0.15) is 41.3 Å². The van der Waals surface area contributed by atoms with Gasteiger partial charge in [0.1, 0.15) is 0 Å². The van der Waals surface area contributed by atoms with Gasteiger partial charge in [-0.1, -0.05) is 6.07 Å². The summed E-state index contributed by atoms with van der Waals surface area (Å²) in [6, 6.07) is 4.65. The van der Waals surface area contributed by atoms with Crippen LogP contribution in [0.5, 0.6) is 0 Å². The molecule has 1 unspecified atom stereocenters. The first kappa shape index (κ1) is 12.4. The van der Waals surface area contributed by atoms with Crippen LogP contribution in [-0.2, 0) is 13.0 Å². The third-order valence-electron chi connectivity index (χ3n) is 4.11. The number of hydrogen-bond acceptors (Lipinski definition) is 2. The highest BCUT2D eigenvalue weighted by atomic mass is 15.0. The number of hydrogen-bond donors (Lipinski definition) is 1. The Kier molecular flexibility index (Phi) is 3.38. The maximum absolute atomic E-state index is 4.48. The van der Waals surface area contributed by atoms with E-state index in [0.29, 0.717) is 6.04 Å². The lowest BCUT2D eigenvalue weighted by Gasteiger charge is -2.21. The summed E-state index contributed by atoms with van der Waals surface area (Å²) in [5, 5.41) is 3.42. The van der Waals surface area contributed by atoms with Crippen LogP contribution in [0.3, 0.4) is 0 Å². The number of nitrogens with one attached hydrogen (secondary N) is 1. The molecular formula is C16H21N3. The number of fused-ring (bicyclic) bond motifs is 1. The van der Waals surface area contributed by atoms with Crippen molar-refractivity contribution < 1.29 is 0 Å². The van der Waals surface area contributed by atoms with Gasteiger partial charge in [0.05, 0.1) is 12.2 Å². The fourth-order valence-electron chi connectivity index (χ4n) is 3.00. The molecule has 1 aliphatic carbocycles. The van der Waals surface area contributed by atoms with E-state index < -0.39 is 0 Å². The number of nitrogens with zero attached hydrogens (tertiary/aromatic N) is 2. The lowest BCUT2D eigenvalue weighted by atomic mass is 9.91. The number of pyridine rings is 1. The van der Waals surface area contributed by atoms with Crippen molar-refractivity contribution in [1.29, 1.82) is 0 Å². The number of aryl methyl sites for hydroxylation is 2. The van der Waals surface area contributed by atoms with Gasteiger partial charge in [0.15, 0.2) is 0 Å². The Morgan fingerprint density at radius 1 is 1.42 bits per heavy atom. The normalized spacial score (nSPS) is 18.3. The molecule has 19 heavy (non-hydrogen) atoms. The maximum Gasteiger partial charge on any atom is 0.0645 e. The van der Waals surface area contributed by atoms with Crippen molar-refractivity contribution in [2.45, 2.75) is 38.8 Å². The van der Waals surface area contributed by atoms with Gasteiger partial charge in [-0.2, -0.15) is 0 Å². The van der Waals surface area contributed by atoms with E-state index in [1.807, 2.05) is 12.3 Å². The molecule has 3 nitrogen and oxygen atoms in total. The monoisotopic (exact) mass is 255 g/mol. The average Bonchev–Trinajstić information content (AvgIpc) is 2.83. The molecule has 0 amide bonds. The molecule has 2 aromatic rings. The van der Waals surface area contributed by atoms with Crippen molar-refractivity contribution in [2.75, 3.05) is 7.05 Å². The second-order valence-electron chi connectivity index (χ2n) is 5.41. The van der Waals surface area contributed by atoms with Crippen LogP contribution in [0.15, 0.2) is 30.7 Å². The van der Waals surface area contributed by atoms with Crippen LogP contribution in [0, 0.1) is 6.92 Å². The van der Waals surface area contributed by atoms with E-state index in [1.165, 1.54) is 36.0 Å². The molecule has 0 fully saturated rings. The molecule has 2 aromatic heterocycles. The van der Waals surface area contributed by atoms with Crippen LogP contribution in [0.2, 0.25) is 0 Å². The first-order valence-electron chi connectivity index (χ1n) is 7.04. The van der Waals surface area contributed by atoms with Crippen molar-refractivity contribution >= 4 is 0 Å². The minimum absolute atomic E-state index is 0.523. The molecule has 1 aliphatic rings. The molecule has 0 spiro atoms. The highest BCUT2D eigenvalue weighted by molar-refractivity contribution is 5.31. The lowest BCUT2D eigenvalue weighted by Crippen LogP contribution is -2.20. The summed E-state index contributed by atoms with van der Waals surface area (Å²) in [4.78, 5) is 4.48. The zero-order valence-electron chi connectivity index (χ0n) is 11.7. The van der Waals surface area contributed by atoms with Gasteiger partial charge in [-0.15, -0.1) is 0 Å². The van der Waals surface area contributed by atoms with Crippen LogP contribution < -0.4 is 5.32 Å². The first-order valence-corrected chi connectivity index (χ1v) is 7.04. The van der Waals surface area contributed by atoms with E-state index in [9.17, 15) is 0 Å². The van der Waals surface area contributed by atoms with Crippen molar-refractivity contribution in [3.63, 3.8) is 0 Å². The van der Waals surface area contributed by atoms with Crippen LogP contribution in [-0.4, -0.2) is 16.6 Å². The fourth-order valence-corrected chi connectivity index (χ4v) is 3.00. The predicted molar refractivity (Wildman–Crippen MR) is 77.2 cm³/mol. The van der Waals surface area contributed by atoms with E-state index in [1.54, 1.807) is 0 Å². The highest BCUT2D eigenvalue weighted by Gasteiger charge is 2.20. The van der Waals surface area contributed by atoms with E-state index in [2.05, 4.69) is 47.3 Å². The van der Waals surface area contributed by atoms with Gasteiger partial charge >= 0.3 is 0 Å². The third kappa shape index (κ3) is 2.43. The lowest BCUT2D eigenvalue weighted by molar-refractivity contribution is 0.498. The summed E-state index contributed by atoms with van der Waals surface area (Å²) in [6.07, 6.45) is 10.2. The summed E-state index contributed by atoms with van der Waals surface area (Å²) in [7, 11) is 2.06. The Morgan fingerprint density at radius 2 is 2.32 bits per heavy atom. The molecule has 1 N–H and O–H groups in total. The Morgan fingerprint density at radius 3 is 3.11 bits per heavy atom. The van der Waals surface area contributed by atoms with Crippen LogP contribution >= 0.6 is 0 Å². The van der Waals surface area contributed by atoms with Crippen molar-refractivity contribution in [2.24, 2.45) is 0 Å². The second-order valence-corrected chi connectivity index (χ2v) is 5.41. The van der Waals surface area contributed by atoms with Gasteiger partial charge in [-0.25, -0.2) is 0 Å². The minimum Gasteiger partial charge on any atom is -0.348 e. The quantitative estimate of drug-likeness (QED) is 0.914. The van der Waals surface area contributed by atoms with Gasteiger partial charge < -0.3 is 9.88 Å². The van der Waals surface area contributed by atoms with E-state index in [4.69, 9.17) is 0 Å². The van der Waals surface area contributed by atoms with Gasteiger partial charge in [0.2, 0.25) is 0 Å². The molecule has 0 saturated heterocycles. The van der Waals surface area contributed by atoms with Crippen molar-refractivity contribution in [3.05, 3.63) is 53.1 Å². The molecule has 0 saturated carbocycles. The maximum atomic E-state index is 4.48. The minimum atomic E-state index is 0.523. The van der Waals surface area contributed by atoms with Gasteiger partial charge in [0, 0.05) is 24.6 Å². The third-order valence-corrected chi connectivity index (χ3v) is 4.11. The van der Waals surface area contributed by atoms with Crippen LogP contribution in [0.4, 0.5) is 0 Å². The zero-order chi connectivity index (χ0) is 13.2. The zero-order valence-corrected chi connectivity index (χ0v) is 11.7. The topological polar surface area (TPSA) is 29.9 Å². The molecular weight excluding hydrogens is 234 g/mol. The number of aromatic nitrogens is 2. The highest BCUT2D eigenvalue weighted by Crippen LogP contribution is 2.30. The Balaban J connectivity index is 1.87. The van der Waals surface area contributed by atoms with Crippen molar-refractivity contribution in [1.82, 2.24) is 14.9 Å². The fraction of sp³-hybridized carbons (Fsp3) is 0.438. The smallest absolute Gasteiger partial charge is 0.0645 e. The molecule has 0 aromatic carbocycles. The van der Waals surface area contributed by atoms with Gasteiger partial charge in [-0.05, 0) is 56.0 Å². The SMILES string of the molecule is CNC1CCCc2cn(Cc3ncccc3C)cc21. The standard InChI is InChI=1S/C16H21N3/c1-12-5-4-8-18-16(12)11-19-9-13-6-3-7-15(17-2)14(13)10-19/h4-5,8-10,15,17H,3,6-7,11H2,1-2H3. The summed E-state index contributed by atoms with van der Waals surface area (Å²) >= 11 is 0. The van der Waals surface area contributed by atoms with Crippen molar-refractivity contribution in [3.8, 4) is 0 Å². The van der Waals surface area contributed by atoms with E-state index >= 15 is 0 Å². The largest absolute Gasteiger partial charge is 0.348 e. The summed E-state index contributed by atoms with van der Waals surface area (Å²) in [5.74, 6) is 0. The molecule has 0 bridgehead atoms. The Labute approximate surface area is 114 Å². The summed E-state index contributed by atoms with van der Waals surface area (Å²) < 4.78 is 2.29. The summed E-state index contributed by atoms with van der Waals surface area (Å²) in [5.41, 5.74) is 5.40. The predicted octanol–water partition coefficient (Wildman–Crippen LogP) is 2.84. The number of rotatable bonds is 3. The molecule has 0 aliphatic heterocycles. The van der Waals surface area contributed by atoms with Gasteiger partial charge in [-0.3, -0.25) is 4.98 Å². The van der Waals surface area contributed by atoms with Crippen LogP contribution in [0.25, 0.3) is 0 Å². The van der Waals surface area contributed by atoms with E-state index in [-0.39, 0.29) is 0 Å². The average molecular weight is 255 g/mol. The molecule has 2 heterocycles.